The van der Waals surface area contributed by atoms with Crippen LogP contribution in [0, 0.1) is 0 Å². The van der Waals surface area contributed by atoms with Crippen molar-refractivity contribution in [2.24, 2.45) is 5.73 Å². The number of para-hydroxylation sites is 2. The molecule has 1 aromatic heterocycles. The highest BCUT2D eigenvalue weighted by atomic mass is 35.5. The summed E-state index contributed by atoms with van der Waals surface area (Å²) in [5.74, 6) is 1.75. The van der Waals surface area contributed by atoms with E-state index >= 15 is 0 Å². The molecule has 1 amide bonds. The fraction of sp³-hybridized carbons (Fsp3) is 0.429. The summed E-state index contributed by atoms with van der Waals surface area (Å²) in [7, 11) is 0. The SMILES string of the molecule is CSCCC(NC(=O)CCN)c1nc2ccccc2[nH]1.Cl.Cl. The normalized spacial score (nSPS) is 11.4. The Hall–Kier alpha value is -0.950. The molecule has 0 aliphatic heterocycles. The zero-order valence-electron chi connectivity index (χ0n) is 12.4. The van der Waals surface area contributed by atoms with E-state index in [2.05, 4.69) is 21.5 Å². The topological polar surface area (TPSA) is 83.8 Å². The first kappa shape index (κ1) is 21.0. The summed E-state index contributed by atoms with van der Waals surface area (Å²) in [6.07, 6.45) is 3.24. The van der Waals surface area contributed by atoms with Crippen molar-refractivity contribution in [2.45, 2.75) is 18.9 Å². The highest BCUT2D eigenvalue weighted by Crippen LogP contribution is 2.20. The summed E-state index contributed by atoms with van der Waals surface area (Å²) < 4.78 is 0. The van der Waals surface area contributed by atoms with Crippen LogP contribution in [0.2, 0.25) is 0 Å². The van der Waals surface area contributed by atoms with Crippen molar-refractivity contribution >= 4 is 53.5 Å². The van der Waals surface area contributed by atoms with Crippen LogP contribution in [0.15, 0.2) is 24.3 Å². The number of imidazole rings is 1. The van der Waals surface area contributed by atoms with Crippen LogP contribution in [0.25, 0.3) is 11.0 Å². The van der Waals surface area contributed by atoms with E-state index in [9.17, 15) is 4.79 Å². The predicted octanol–water partition coefficient (Wildman–Crippen LogP) is 2.67. The lowest BCUT2D eigenvalue weighted by molar-refractivity contribution is -0.121. The van der Waals surface area contributed by atoms with Crippen LogP contribution >= 0.6 is 36.6 Å². The van der Waals surface area contributed by atoms with Crippen molar-refractivity contribution in [3.05, 3.63) is 30.1 Å². The molecule has 0 fully saturated rings. The van der Waals surface area contributed by atoms with Crippen LogP contribution < -0.4 is 11.1 Å². The second-order valence-corrected chi connectivity index (χ2v) is 5.57. The van der Waals surface area contributed by atoms with Gasteiger partial charge in [-0.1, -0.05) is 12.1 Å². The Labute approximate surface area is 147 Å². The maximum Gasteiger partial charge on any atom is 0.221 e. The lowest BCUT2D eigenvalue weighted by Crippen LogP contribution is -2.31. The largest absolute Gasteiger partial charge is 0.346 e. The van der Waals surface area contributed by atoms with E-state index in [0.29, 0.717) is 13.0 Å². The van der Waals surface area contributed by atoms with Gasteiger partial charge in [-0.25, -0.2) is 4.98 Å². The van der Waals surface area contributed by atoms with Crippen LogP contribution in [0.4, 0.5) is 0 Å². The van der Waals surface area contributed by atoms with Crippen LogP contribution in [0.5, 0.6) is 0 Å². The van der Waals surface area contributed by atoms with Gasteiger partial charge in [0.25, 0.3) is 0 Å². The van der Waals surface area contributed by atoms with Gasteiger partial charge in [0, 0.05) is 13.0 Å². The first-order valence-electron chi connectivity index (χ1n) is 6.67. The number of H-pyrrole nitrogens is 1. The molecule has 8 heteroatoms. The van der Waals surface area contributed by atoms with Crippen LogP contribution in [-0.4, -0.2) is 34.4 Å². The maximum atomic E-state index is 11.8. The molecule has 0 bridgehead atoms. The van der Waals surface area contributed by atoms with Gasteiger partial charge in [-0.3, -0.25) is 4.79 Å². The van der Waals surface area contributed by atoms with E-state index in [-0.39, 0.29) is 36.8 Å². The number of aromatic amines is 1. The third kappa shape index (κ3) is 5.68. The smallest absolute Gasteiger partial charge is 0.221 e. The first-order chi connectivity index (χ1) is 9.74. The monoisotopic (exact) mass is 364 g/mol. The van der Waals surface area contributed by atoms with Crippen molar-refractivity contribution in [3.63, 3.8) is 0 Å². The van der Waals surface area contributed by atoms with Gasteiger partial charge in [-0.2, -0.15) is 11.8 Å². The van der Waals surface area contributed by atoms with Gasteiger partial charge in [0.05, 0.1) is 17.1 Å². The highest BCUT2D eigenvalue weighted by molar-refractivity contribution is 7.98. The molecule has 1 heterocycles. The lowest BCUT2D eigenvalue weighted by atomic mass is 10.2. The molecule has 0 saturated heterocycles. The van der Waals surface area contributed by atoms with Gasteiger partial charge in [0.2, 0.25) is 5.91 Å². The zero-order chi connectivity index (χ0) is 14.4. The Bertz CT molecular complexity index is 546. The van der Waals surface area contributed by atoms with E-state index in [4.69, 9.17) is 5.73 Å². The molecule has 5 nitrogen and oxygen atoms in total. The van der Waals surface area contributed by atoms with Crippen LogP contribution in [-0.2, 0) is 4.79 Å². The fourth-order valence-corrected chi connectivity index (χ4v) is 2.52. The number of aromatic nitrogens is 2. The number of carbonyl (C=O) groups is 1. The van der Waals surface area contributed by atoms with Crippen LogP contribution in [0.3, 0.4) is 0 Å². The summed E-state index contributed by atoms with van der Waals surface area (Å²) >= 11 is 1.75. The minimum atomic E-state index is -0.0890. The molecule has 2 aromatic rings. The van der Waals surface area contributed by atoms with Crippen LogP contribution in [0.1, 0.15) is 24.7 Å². The minimum Gasteiger partial charge on any atom is -0.346 e. The van der Waals surface area contributed by atoms with Crippen molar-refractivity contribution in [3.8, 4) is 0 Å². The fourth-order valence-electron chi connectivity index (χ4n) is 2.05. The van der Waals surface area contributed by atoms with Crippen molar-refractivity contribution in [1.82, 2.24) is 15.3 Å². The molecule has 124 valence electrons. The molecule has 0 aliphatic rings. The zero-order valence-corrected chi connectivity index (χ0v) is 14.8. The third-order valence-electron chi connectivity index (χ3n) is 3.06. The summed E-state index contributed by atoms with van der Waals surface area (Å²) in [5.41, 5.74) is 7.33. The van der Waals surface area contributed by atoms with E-state index in [1.54, 1.807) is 11.8 Å². The molecule has 1 unspecified atom stereocenters. The number of amides is 1. The number of nitrogens with one attached hydrogen (secondary N) is 2. The van der Waals surface area contributed by atoms with E-state index in [1.807, 2.05) is 24.3 Å². The first-order valence-corrected chi connectivity index (χ1v) is 8.07. The Balaban J connectivity index is 0.00000220. The lowest BCUT2D eigenvalue weighted by Gasteiger charge is -2.16. The number of nitrogens with zero attached hydrogens (tertiary/aromatic N) is 1. The van der Waals surface area contributed by atoms with E-state index < -0.39 is 0 Å². The molecular formula is C14H22Cl2N4OS. The number of carbonyl (C=O) groups excluding carboxylic acids is 1. The second-order valence-electron chi connectivity index (χ2n) is 4.58. The summed E-state index contributed by atoms with van der Waals surface area (Å²) in [6.45, 7) is 0.362. The molecule has 2 rings (SSSR count). The Morgan fingerprint density at radius 3 is 2.77 bits per heavy atom. The minimum absolute atomic E-state index is 0. The molecule has 4 N–H and O–H groups in total. The van der Waals surface area contributed by atoms with Gasteiger partial charge >= 0.3 is 0 Å². The Morgan fingerprint density at radius 2 is 2.14 bits per heavy atom. The predicted molar refractivity (Wildman–Crippen MR) is 98.1 cm³/mol. The number of thioether (sulfide) groups is 1. The standard InChI is InChI=1S/C14H20N4OS.2ClH/c1-20-9-7-12(16-13(19)6-8-15)14-17-10-4-2-3-5-11(10)18-14;;/h2-5,12H,6-9,15H2,1H3,(H,16,19)(H,17,18);2*1H. The average Bonchev–Trinajstić information content (AvgIpc) is 2.87. The van der Waals surface area contributed by atoms with E-state index in [0.717, 1.165) is 29.0 Å². The number of hydrogen-bond donors (Lipinski definition) is 3. The van der Waals surface area contributed by atoms with Gasteiger partial charge in [0.1, 0.15) is 5.82 Å². The summed E-state index contributed by atoms with van der Waals surface area (Å²) in [5, 5.41) is 3.00. The van der Waals surface area contributed by atoms with Gasteiger partial charge < -0.3 is 16.0 Å². The summed E-state index contributed by atoms with van der Waals surface area (Å²) in [6, 6.07) is 7.78. The van der Waals surface area contributed by atoms with Crippen molar-refractivity contribution in [1.29, 1.82) is 0 Å². The highest BCUT2D eigenvalue weighted by Gasteiger charge is 2.17. The molecule has 1 atom stereocenters. The number of benzene rings is 1. The van der Waals surface area contributed by atoms with Gasteiger partial charge in [0.15, 0.2) is 0 Å². The Kier molecular flexibility index (Phi) is 10.3. The second kappa shape index (κ2) is 10.7. The summed E-state index contributed by atoms with van der Waals surface area (Å²) in [4.78, 5) is 19.6. The molecule has 22 heavy (non-hydrogen) atoms. The third-order valence-corrected chi connectivity index (χ3v) is 3.70. The molecule has 0 aliphatic carbocycles. The maximum absolute atomic E-state index is 11.8. The average molecular weight is 365 g/mol. The number of halogens is 2. The molecule has 1 aromatic carbocycles. The molecule has 0 saturated carbocycles. The molecule has 0 spiro atoms. The van der Waals surface area contributed by atoms with Crippen molar-refractivity contribution < 1.29 is 4.79 Å². The van der Waals surface area contributed by atoms with E-state index in [1.165, 1.54) is 0 Å². The molecular weight excluding hydrogens is 343 g/mol. The Morgan fingerprint density at radius 1 is 1.41 bits per heavy atom. The number of fused-ring (bicyclic) bond motifs is 1. The number of hydrogen-bond acceptors (Lipinski definition) is 4. The number of rotatable bonds is 7. The van der Waals surface area contributed by atoms with Crippen molar-refractivity contribution in [2.75, 3.05) is 18.6 Å². The molecule has 0 radical (unpaired) electrons. The van der Waals surface area contributed by atoms with Gasteiger partial charge in [-0.05, 0) is 30.6 Å². The quantitative estimate of drug-likeness (QED) is 0.704. The van der Waals surface area contributed by atoms with Gasteiger partial charge in [-0.15, -0.1) is 24.8 Å². The number of nitrogens with two attached hydrogens (primary N) is 1.